The van der Waals surface area contributed by atoms with Crippen LogP contribution < -0.4 is 5.32 Å². The van der Waals surface area contributed by atoms with Crippen molar-refractivity contribution >= 4 is 23.5 Å². The summed E-state index contributed by atoms with van der Waals surface area (Å²) >= 11 is 0. The fraction of sp³-hybridized carbons (Fsp3) is 0.550. The Morgan fingerprint density at radius 1 is 1.30 bits per heavy atom. The summed E-state index contributed by atoms with van der Waals surface area (Å²) in [6.07, 6.45) is 2.99. The molecule has 1 aromatic rings. The van der Waals surface area contributed by atoms with E-state index in [-0.39, 0.29) is 41.3 Å². The third-order valence-corrected chi connectivity index (χ3v) is 5.49. The van der Waals surface area contributed by atoms with Crippen LogP contribution in [0.2, 0.25) is 0 Å². The molecule has 1 aliphatic carbocycles. The Bertz CT molecular complexity index is 764. The van der Waals surface area contributed by atoms with Gasteiger partial charge in [-0.1, -0.05) is 20.3 Å². The molecule has 0 bridgehead atoms. The number of nitrogens with zero attached hydrogens (tertiary/aromatic N) is 1. The normalized spacial score (nSPS) is 24.1. The van der Waals surface area contributed by atoms with Gasteiger partial charge in [-0.3, -0.25) is 9.59 Å². The van der Waals surface area contributed by atoms with Gasteiger partial charge in [-0.05, 0) is 48.8 Å². The van der Waals surface area contributed by atoms with Crippen LogP contribution in [0.5, 0.6) is 0 Å². The van der Waals surface area contributed by atoms with E-state index in [4.69, 9.17) is 0 Å². The number of anilines is 1. The van der Waals surface area contributed by atoms with Crippen LogP contribution in [-0.4, -0.2) is 40.4 Å². The van der Waals surface area contributed by atoms with E-state index in [2.05, 4.69) is 5.32 Å². The monoisotopic (exact) mass is 376 g/mol. The molecule has 2 aliphatic rings. The van der Waals surface area contributed by atoms with Crippen LogP contribution in [0, 0.1) is 23.6 Å². The highest BCUT2D eigenvalue weighted by molar-refractivity contribution is 5.98. The zero-order valence-corrected chi connectivity index (χ0v) is 15.6. The average Bonchev–Trinajstić information content (AvgIpc) is 3.15. The maximum Gasteiger partial charge on any atom is 0.326 e. The summed E-state index contributed by atoms with van der Waals surface area (Å²) in [5.74, 6) is -2.14. The molecule has 1 heterocycles. The Kier molecular flexibility index (Phi) is 5.48. The van der Waals surface area contributed by atoms with E-state index in [9.17, 15) is 23.9 Å². The van der Waals surface area contributed by atoms with Crippen molar-refractivity contribution < 1.29 is 23.9 Å². The summed E-state index contributed by atoms with van der Waals surface area (Å²) in [6, 6.07) is 3.01. The van der Waals surface area contributed by atoms with Gasteiger partial charge in [0.2, 0.25) is 5.91 Å². The molecule has 2 amide bonds. The molecule has 0 unspecified atom stereocenters. The summed E-state index contributed by atoms with van der Waals surface area (Å²) in [5, 5.41) is 12.1. The minimum absolute atomic E-state index is 0.0188. The zero-order valence-electron chi connectivity index (χ0n) is 15.6. The summed E-state index contributed by atoms with van der Waals surface area (Å²) in [6.45, 7) is 4.18. The summed E-state index contributed by atoms with van der Waals surface area (Å²) in [5.41, 5.74) is 0.117. The van der Waals surface area contributed by atoms with Gasteiger partial charge in [-0.2, -0.15) is 0 Å². The van der Waals surface area contributed by atoms with E-state index in [1.165, 1.54) is 17.0 Å². The smallest absolute Gasteiger partial charge is 0.326 e. The first-order chi connectivity index (χ1) is 12.8. The van der Waals surface area contributed by atoms with Crippen molar-refractivity contribution in [2.24, 2.45) is 17.8 Å². The predicted molar refractivity (Wildman–Crippen MR) is 97.8 cm³/mol. The van der Waals surface area contributed by atoms with Gasteiger partial charge in [0.25, 0.3) is 5.91 Å². The van der Waals surface area contributed by atoms with Crippen LogP contribution in [0.4, 0.5) is 10.1 Å². The lowest BCUT2D eigenvalue weighted by atomic mass is 9.94. The minimum atomic E-state index is -1.00. The van der Waals surface area contributed by atoms with Crippen molar-refractivity contribution in [1.82, 2.24) is 4.90 Å². The van der Waals surface area contributed by atoms with Gasteiger partial charge in [0.1, 0.15) is 11.9 Å². The van der Waals surface area contributed by atoms with Crippen molar-refractivity contribution in [3.63, 3.8) is 0 Å². The van der Waals surface area contributed by atoms with Crippen molar-refractivity contribution in [3.05, 3.63) is 29.6 Å². The lowest BCUT2D eigenvalue weighted by molar-refractivity contribution is -0.142. The molecule has 1 saturated heterocycles. The van der Waals surface area contributed by atoms with Crippen molar-refractivity contribution in [2.75, 3.05) is 11.9 Å². The van der Waals surface area contributed by atoms with E-state index in [0.717, 1.165) is 25.3 Å². The molecule has 3 atom stereocenters. The molecule has 2 fully saturated rings. The molecule has 3 rings (SSSR count). The highest BCUT2D eigenvalue weighted by atomic mass is 19.1. The van der Waals surface area contributed by atoms with Crippen LogP contribution in [0.25, 0.3) is 0 Å². The highest BCUT2D eigenvalue weighted by Gasteiger charge is 2.49. The number of amides is 2. The molecule has 0 aromatic heterocycles. The van der Waals surface area contributed by atoms with E-state index < -0.39 is 23.7 Å². The Balaban J connectivity index is 1.76. The number of carbonyl (C=O) groups excluding carboxylic acids is 2. The first kappa shape index (κ1) is 19.3. The Labute approximate surface area is 157 Å². The van der Waals surface area contributed by atoms with Gasteiger partial charge in [-0.15, -0.1) is 0 Å². The van der Waals surface area contributed by atoms with Crippen molar-refractivity contribution in [2.45, 2.75) is 45.6 Å². The highest BCUT2D eigenvalue weighted by Crippen LogP contribution is 2.42. The molecule has 0 radical (unpaired) electrons. The third-order valence-electron chi connectivity index (χ3n) is 5.49. The quantitative estimate of drug-likeness (QED) is 0.827. The van der Waals surface area contributed by atoms with Gasteiger partial charge in [-0.25, -0.2) is 9.18 Å². The van der Waals surface area contributed by atoms with Crippen LogP contribution in [0.15, 0.2) is 18.2 Å². The van der Waals surface area contributed by atoms with Crippen molar-refractivity contribution in [1.29, 1.82) is 0 Å². The summed E-state index contributed by atoms with van der Waals surface area (Å²) in [7, 11) is 0. The Hall–Kier alpha value is -2.44. The second kappa shape index (κ2) is 7.66. The van der Waals surface area contributed by atoms with Gasteiger partial charge >= 0.3 is 5.97 Å². The van der Waals surface area contributed by atoms with Crippen LogP contribution in [-0.2, 0) is 9.59 Å². The van der Waals surface area contributed by atoms with E-state index >= 15 is 0 Å². The molecular formula is C20H25FN2O4. The number of halogens is 1. The number of benzene rings is 1. The number of fused-ring (bicyclic) bond motifs is 1. The molecule has 27 heavy (non-hydrogen) atoms. The zero-order chi connectivity index (χ0) is 19.7. The molecule has 7 heteroatoms. The van der Waals surface area contributed by atoms with Crippen LogP contribution >= 0.6 is 0 Å². The molecule has 6 nitrogen and oxygen atoms in total. The number of hydrogen-bond acceptors (Lipinski definition) is 3. The average molecular weight is 376 g/mol. The second-order valence-corrected chi connectivity index (χ2v) is 7.94. The maximum absolute atomic E-state index is 14.4. The lowest BCUT2D eigenvalue weighted by Crippen LogP contribution is -2.43. The third kappa shape index (κ3) is 3.96. The molecule has 1 aliphatic heterocycles. The number of rotatable bonds is 5. The van der Waals surface area contributed by atoms with Crippen LogP contribution in [0.1, 0.15) is 49.9 Å². The number of likely N-dealkylation sites (tertiary alicyclic amines) is 1. The van der Waals surface area contributed by atoms with E-state index in [1.54, 1.807) is 0 Å². The fourth-order valence-corrected chi connectivity index (χ4v) is 4.32. The predicted octanol–water partition coefficient (Wildman–Crippen LogP) is 3.14. The SMILES string of the molecule is CC(C)CC(=O)Nc1ccc(C(=O)N2C[C@@H]3CCC[C@@H]3[C@H]2C(=O)O)cc1F. The van der Waals surface area contributed by atoms with E-state index in [1.807, 2.05) is 13.8 Å². The standard InChI is InChI=1S/C20H25FN2O4/c1-11(2)8-17(24)22-16-7-6-12(9-15(16)21)19(25)23-10-13-4-3-5-14(13)18(23)20(26)27/h6-7,9,11,13-14,18H,3-5,8,10H2,1-2H3,(H,22,24)(H,26,27)/t13-,14-,18-/m0/s1. The molecule has 0 spiro atoms. The van der Waals surface area contributed by atoms with Crippen LogP contribution in [0.3, 0.4) is 0 Å². The topological polar surface area (TPSA) is 86.7 Å². The van der Waals surface area contributed by atoms with Crippen molar-refractivity contribution in [3.8, 4) is 0 Å². The van der Waals surface area contributed by atoms with E-state index in [0.29, 0.717) is 6.54 Å². The maximum atomic E-state index is 14.4. The van der Waals surface area contributed by atoms with Gasteiger partial charge in [0, 0.05) is 18.5 Å². The molecule has 2 N–H and O–H groups in total. The number of carbonyl (C=O) groups is 3. The number of carboxylic acid groups (broad SMARTS) is 1. The first-order valence-corrected chi connectivity index (χ1v) is 9.41. The summed E-state index contributed by atoms with van der Waals surface area (Å²) < 4.78 is 14.4. The number of hydrogen-bond donors (Lipinski definition) is 2. The fourth-order valence-electron chi connectivity index (χ4n) is 4.32. The molecule has 1 saturated carbocycles. The van der Waals surface area contributed by atoms with Gasteiger partial charge < -0.3 is 15.3 Å². The Morgan fingerprint density at radius 2 is 2.04 bits per heavy atom. The summed E-state index contributed by atoms with van der Waals surface area (Å²) in [4.78, 5) is 37.7. The minimum Gasteiger partial charge on any atom is -0.480 e. The first-order valence-electron chi connectivity index (χ1n) is 9.41. The number of aliphatic carboxylic acids is 1. The Morgan fingerprint density at radius 3 is 2.67 bits per heavy atom. The number of nitrogens with one attached hydrogen (secondary N) is 1. The molecule has 1 aromatic carbocycles. The lowest BCUT2D eigenvalue weighted by Gasteiger charge is -2.24. The number of carboxylic acids is 1. The molecule has 146 valence electrons. The van der Waals surface area contributed by atoms with Gasteiger partial charge in [0.05, 0.1) is 5.69 Å². The second-order valence-electron chi connectivity index (χ2n) is 7.94. The largest absolute Gasteiger partial charge is 0.480 e. The van der Waals surface area contributed by atoms with Gasteiger partial charge in [0.15, 0.2) is 0 Å². The molecular weight excluding hydrogens is 351 g/mol.